The predicted molar refractivity (Wildman–Crippen MR) is 138 cm³/mol. The fourth-order valence-corrected chi connectivity index (χ4v) is 5.70. The molecule has 0 saturated carbocycles. The van der Waals surface area contributed by atoms with E-state index >= 15 is 13.2 Å². The average molecular weight is 518 g/mol. The molecule has 0 spiro atoms. The zero-order valence-corrected chi connectivity index (χ0v) is 21.7. The Kier molecular flexibility index (Phi) is 7.24. The summed E-state index contributed by atoms with van der Waals surface area (Å²) in [6.45, 7) is 6.84. The van der Waals surface area contributed by atoms with Gasteiger partial charge in [0.15, 0.2) is 0 Å². The lowest BCUT2D eigenvalue weighted by molar-refractivity contribution is 0.0179. The summed E-state index contributed by atoms with van der Waals surface area (Å²) in [5, 5.41) is 1.02. The molecule has 0 bridgehead atoms. The number of alkyl halides is 2. The lowest BCUT2D eigenvalue weighted by atomic mass is 9.86. The highest BCUT2D eigenvalue weighted by Crippen LogP contribution is 2.44. The summed E-state index contributed by atoms with van der Waals surface area (Å²) in [6, 6.07) is 9.36. The Morgan fingerprint density at radius 3 is 2.51 bits per heavy atom. The fraction of sp³-hybridized carbons (Fsp3) is 0.517. The first-order valence-electron chi connectivity index (χ1n) is 13.2. The number of hydrogen-bond acceptors (Lipinski definition) is 3. The van der Waals surface area contributed by atoms with E-state index in [1.54, 1.807) is 6.92 Å². The van der Waals surface area contributed by atoms with Crippen molar-refractivity contribution in [3.8, 4) is 5.75 Å². The molecular formula is C29H35F4N3O. The molecule has 0 amide bonds. The molecule has 8 heteroatoms. The smallest absolute Gasteiger partial charge is 0.135 e. The van der Waals surface area contributed by atoms with Crippen LogP contribution in [0.1, 0.15) is 56.5 Å². The van der Waals surface area contributed by atoms with Crippen LogP contribution < -0.4 is 4.74 Å². The molecule has 1 saturated heterocycles. The van der Waals surface area contributed by atoms with Crippen LogP contribution in [0.15, 0.2) is 36.4 Å². The van der Waals surface area contributed by atoms with Gasteiger partial charge >= 0.3 is 0 Å². The molecule has 4 nitrogen and oxygen atoms in total. The number of aromatic nitrogens is 1. The SMILES string of the molecule is CCC(C)(F)CN1[C@H](c2c(F)cc(OC3CN(CCCF)C3)cc2F)c2[nH]c3ccccc3c2C[C@H]1C. The minimum absolute atomic E-state index is 0.0536. The number of H-pyrrole nitrogens is 1. The Morgan fingerprint density at radius 1 is 1.14 bits per heavy atom. The number of nitrogens with one attached hydrogen (secondary N) is 1. The second-order valence-corrected chi connectivity index (χ2v) is 10.8. The van der Waals surface area contributed by atoms with Crippen LogP contribution in [0.5, 0.6) is 5.75 Å². The van der Waals surface area contributed by atoms with Gasteiger partial charge in [0, 0.05) is 66.5 Å². The van der Waals surface area contributed by atoms with E-state index < -0.39 is 23.3 Å². The van der Waals surface area contributed by atoms with Crippen molar-refractivity contribution in [2.45, 2.75) is 63.9 Å². The monoisotopic (exact) mass is 517 g/mol. The minimum Gasteiger partial charge on any atom is -0.488 e. The van der Waals surface area contributed by atoms with Crippen LogP contribution in [0.4, 0.5) is 17.6 Å². The van der Waals surface area contributed by atoms with Crippen molar-refractivity contribution in [3.05, 3.63) is 64.9 Å². The number of likely N-dealkylation sites (tertiary alicyclic amines) is 1. The summed E-state index contributed by atoms with van der Waals surface area (Å²) in [7, 11) is 0. The summed E-state index contributed by atoms with van der Waals surface area (Å²) in [6.07, 6.45) is 1.23. The third kappa shape index (κ3) is 5.10. The molecule has 2 aliphatic heterocycles. The first kappa shape index (κ1) is 26.0. The molecule has 0 radical (unpaired) electrons. The van der Waals surface area contributed by atoms with Crippen LogP contribution in [-0.2, 0) is 6.42 Å². The Bertz CT molecular complexity index is 1230. The van der Waals surface area contributed by atoms with E-state index in [0.29, 0.717) is 44.6 Å². The molecule has 3 aromatic rings. The molecule has 200 valence electrons. The van der Waals surface area contributed by atoms with E-state index in [4.69, 9.17) is 4.74 Å². The van der Waals surface area contributed by atoms with Crippen LogP contribution in [0.3, 0.4) is 0 Å². The molecular weight excluding hydrogens is 482 g/mol. The number of rotatable bonds is 9. The molecule has 3 atom stereocenters. The predicted octanol–water partition coefficient (Wildman–Crippen LogP) is 6.34. The lowest BCUT2D eigenvalue weighted by Gasteiger charge is -2.43. The topological polar surface area (TPSA) is 31.5 Å². The van der Waals surface area contributed by atoms with Gasteiger partial charge < -0.3 is 9.72 Å². The quantitative estimate of drug-likeness (QED) is 0.336. The molecule has 5 rings (SSSR count). The third-order valence-electron chi connectivity index (χ3n) is 7.93. The van der Waals surface area contributed by atoms with Crippen molar-refractivity contribution < 1.29 is 22.3 Å². The van der Waals surface area contributed by atoms with Gasteiger partial charge in [0.25, 0.3) is 0 Å². The molecule has 1 fully saturated rings. The van der Waals surface area contributed by atoms with Crippen molar-refractivity contribution in [1.82, 2.24) is 14.8 Å². The van der Waals surface area contributed by atoms with Gasteiger partial charge in [-0.15, -0.1) is 0 Å². The van der Waals surface area contributed by atoms with Gasteiger partial charge in [-0.1, -0.05) is 25.1 Å². The summed E-state index contributed by atoms with van der Waals surface area (Å²) in [5.41, 5.74) is 1.01. The van der Waals surface area contributed by atoms with Crippen molar-refractivity contribution in [1.29, 1.82) is 0 Å². The zero-order valence-electron chi connectivity index (χ0n) is 21.7. The Morgan fingerprint density at radius 2 is 1.84 bits per heavy atom. The van der Waals surface area contributed by atoms with Gasteiger partial charge in [0.2, 0.25) is 0 Å². The average Bonchev–Trinajstić information content (AvgIpc) is 3.19. The van der Waals surface area contributed by atoms with Crippen LogP contribution >= 0.6 is 0 Å². The maximum Gasteiger partial charge on any atom is 0.135 e. The van der Waals surface area contributed by atoms with E-state index in [1.165, 1.54) is 19.1 Å². The van der Waals surface area contributed by atoms with Crippen LogP contribution in [0.25, 0.3) is 10.9 Å². The number of nitrogens with zero attached hydrogens (tertiary/aromatic N) is 2. The molecule has 1 N–H and O–H groups in total. The summed E-state index contributed by atoms with van der Waals surface area (Å²) in [5.74, 6) is -1.30. The molecule has 1 aromatic heterocycles. The number of aromatic amines is 1. The van der Waals surface area contributed by atoms with E-state index in [-0.39, 0.29) is 36.7 Å². The van der Waals surface area contributed by atoms with Crippen LogP contribution in [0, 0.1) is 11.6 Å². The number of para-hydroxylation sites is 1. The van der Waals surface area contributed by atoms with E-state index in [0.717, 1.165) is 16.5 Å². The molecule has 0 aliphatic carbocycles. The number of ether oxygens (including phenoxy) is 1. The lowest BCUT2D eigenvalue weighted by Crippen LogP contribution is -2.53. The van der Waals surface area contributed by atoms with E-state index in [9.17, 15) is 4.39 Å². The van der Waals surface area contributed by atoms with Gasteiger partial charge in [-0.25, -0.2) is 13.2 Å². The number of fused-ring (bicyclic) bond motifs is 3. The highest BCUT2D eigenvalue weighted by Gasteiger charge is 2.41. The maximum atomic E-state index is 15.8. The van der Waals surface area contributed by atoms with Crippen molar-refractivity contribution in [3.63, 3.8) is 0 Å². The van der Waals surface area contributed by atoms with Crippen molar-refractivity contribution in [2.24, 2.45) is 0 Å². The number of halogens is 4. The van der Waals surface area contributed by atoms with Gasteiger partial charge in [-0.3, -0.25) is 14.2 Å². The first-order chi connectivity index (χ1) is 17.7. The second kappa shape index (κ2) is 10.3. The minimum atomic E-state index is -1.51. The molecule has 2 aliphatic rings. The van der Waals surface area contributed by atoms with E-state index in [1.807, 2.05) is 41.0 Å². The van der Waals surface area contributed by atoms with E-state index in [2.05, 4.69) is 4.98 Å². The van der Waals surface area contributed by atoms with Crippen LogP contribution in [0.2, 0.25) is 0 Å². The maximum absolute atomic E-state index is 15.8. The third-order valence-corrected chi connectivity index (χ3v) is 7.93. The largest absolute Gasteiger partial charge is 0.488 e. The molecule has 37 heavy (non-hydrogen) atoms. The molecule has 1 unspecified atom stereocenters. The van der Waals surface area contributed by atoms with Crippen LogP contribution in [-0.4, -0.2) is 65.5 Å². The summed E-state index contributed by atoms with van der Waals surface area (Å²) >= 11 is 0. The Hall–Kier alpha value is -2.58. The first-order valence-corrected chi connectivity index (χ1v) is 13.2. The fourth-order valence-electron chi connectivity index (χ4n) is 5.70. The molecule has 3 heterocycles. The number of benzene rings is 2. The zero-order chi connectivity index (χ0) is 26.3. The van der Waals surface area contributed by atoms with Crippen molar-refractivity contribution in [2.75, 3.05) is 32.9 Å². The second-order valence-electron chi connectivity index (χ2n) is 10.8. The number of hydrogen-bond donors (Lipinski definition) is 1. The standard InChI is InChI=1S/C29H35F4N3O/c1-4-29(3,33)17-36-18(2)12-22-21-8-5-6-9-25(21)34-27(22)28(36)26-23(31)13-19(14-24(26)32)37-20-15-35(16-20)11-7-10-30/h5-6,8-9,13-14,18,20,28,34H,4,7,10-12,15-17H2,1-3H3/t18-,28-,29?/m1/s1. The normalized spacial score (nSPS) is 22.6. The summed E-state index contributed by atoms with van der Waals surface area (Å²) in [4.78, 5) is 7.33. The Balaban J connectivity index is 1.50. The summed E-state index contributed by atoms with van der Waals surface area (Å²) < 4.78 is 65.1. The highest BCUT2D eigenvalue weighted by atomic mass is 19.1. The van der Waals surface area contributed by atoms with Crippen molar-refractivity contribution >= 4 is 10.9 Å². The van der Waals surface area contributed by atoms with Gasteiger partial charge in [0.1, 0.15) is 29.2 Å². The van der Waals surface area contributed by atoms with Gasteiger partial charge in [-0.05, 0) is 44.7 Å². The molecule has 2 aromatic carbocycles. The van der Waals surface area contributed by atoms with Gasteiger partial charge in [0.05, 0.1) is 12.7 Å². The Labute approximate surface area is 215 Å². The highest BCUT2D eigenvalue weighted by molar-refractivity contribution is 5.85. The van der Waals surface area contributed by atoms with Gasteiger partial charge in [-0.2, -0.15) is 0 Å².